The smallest absolute Gasteiger partial charge is 0.308 e. The first-order valence-electron chi connectivity index (χ1n) is 7.37. The van der Waals surface area contributed by atoms with Crippen molar-refractivity contribution in [2.45, 2.75) is 57.5 Å². The van der Waals surface area contributed by atoms with Crippen molar-refractivity contribution in [2.75, 3.05) is 14.2 Å². The zero-order valence-electron chi connectivity index (χ0n) is 11.7. The van der Waals surface area contributed by atoms with Gasteiger partial charge in [-0.3, -0.25) is 4.79 Å². The molecule has 18 heavy (non-hydrogen) atoms. The summed E-state index contributed by atoms with van der Waals surface area (Å²) in [7, 11) is 3.35. The molecule has 0 heterocycles. The molecule has 2 atom stereocenters. The van der Waals surface area contributed by atoms with Crippen molar-refractivity contribution in [1.82, 2.24) is 0 Å². The first kappa shape index (κ1) is 13.9. The zero-order chi connectivity index (χ0) is 13.0. The van der Waals surface area contributed by atoms with E-state index in [1.54, 1.807) is 0 Å². The van der Waals surface area contributed by atoms with Crippen molar-refractivity contribution < 1.29 is 14.3 Å². The van der Waals surface area contributed by atoms with Gasteiger partial charge in [-0.1, -0.05) is 12.8 Å². The molecule has 3 nitrogen and oxygen atoms in total. The molecule has 104 valence electrons. The predicted molar refractivity (Wildman–Crippen MR) is 70.2 cm³/mol. The van der Waals surface area contributed by atoms with Crippen LogP contribution in [0.25, 0.3) is 0 Å². The number of esters is 1. The molecule has 0 aliphatic heterocycles. The van der Waals surface area contributed by atoms with Crippen molar-refractivity contribution in [3.8, 4) is 0 Å². The topological polar surface area (TPSA) is 35.5 Å². The second-order valence-electron chi connectivity index (χ2n) is 5.86. The summed E-state index contributed by atoms with van der Waals surface area (Å²) < 4.78 is 10.5. The summed E-state index contributed by atoms with van der Waals surface area (Å²) in [6, 6.07) is 0. The third-order valence-electron chi connectivity index (χ3n) is 4.97. The van der Waals surface area contributed by atoms with Gasteiger partial charge < -0.3 is 9.47 Å². The number of methoxy groups -OCH3 is 2. The van der Waals surface area contributed by atoms with Gasteiger partial charge in [0.25, 0.3) is 0 Å². The van der Waals surface area contributed by atoms with E-state index in [1.807, 2.05) is 7.11 Å². The normalized spacial score (nSPS) is 37.2. The minimum Gasteiger partial charge on any atom is -0.469 e. The van der Waals surface area contributed by atoms with E-state index in [2.05, 4.69) is 0 Å². The Hall–Kier alpha value is -0.570. The molecule has 2 rings (SSSR count). The maximum absolute atomic E-state index is 11.5. The molecule has 3 heteroatoms. The van der Waals surface area contributed by atoms with Crippen LogP contribution in [0.15, 0.2) is 0 Å². The molecule has 0 aromatic rings. The quantitative estimate of drug-likeness (QED) is 0.726. The lowest BCUT2D eigenvalue weighted by Crippen LogP contribution is -2.35. The molecule has 0 radical (unpaired) electrons. The van der Waals surface area contributed by atoms with Gasteiger partial charge in [-0.25, -0.2) is 0 Å². The second kappa shape index (κ2) is 6.55. The lowest BCUT2D eigenvalue weighted by molar-refractivity contribution is -0.147. The van der Waals surface area contributed by atoms with Crippen LogP contribution < -0.4 is 0 Å². The number of hydrogen-bond donors (Lipinski definition) is 0. The zero-order valence-corrected chi connectivity index (χ0v) is 11.7. The van der Waals surface area contributed by atoms with E-state index in [1.165, 1.54) is 45.6 Å². The van der Waals surface area contributed by atoms with Crippen LogP contribution in [0.5, 0.6) is 0 Å². The van der Waals surface area contributed by atoms with Crippen molar-refractivity contribution in [1.29, 1.82) is 0 Å². The van der Waals surface area contributed by atoms with Gasteiger partial charge in [-0.15, -0.1) is 0 Å². The van der Waals surface area contributed by atoms with E-state index in [0.29, 0.717) is 6.10 Å². The van der Waals surface area contributed by atoms with E-state index in [-0.39, 0.29) is 11.9 Å². The number of carbonyl (C=O) groups is 1. The van der Waals surface area contributed by atoms with Crippen LogP contribution in [0.2, 0.25) is 0 Å². The molecule has 0 spiro atoms. The third-order valence-corrected chi connectivity index (χ3v) is 4.97. The summed E-state index contributed by atoms with van der Waals surface area (Å²) in [5, 5.41) is 0. The third kappa shape index (κ3) is 3.05. The molecule has 0 saturated heterocycles. The molecular weight excluding hydrogens is 228 g/mol. The Balaban J connectivity index is 1.86. The molecule has 2 aliphatic carbocycles. The Morgan fingerprint density at radius 3 is 2.22 bits per heavy atom. The van der Waals surface area contributed by atoms with Gasteiger partial charge in [0.05, 0.1) is 19.1 Å². The molecule has 2 unspecified atom stereocenters. The van der Waals surface area contributed by atoms with Gasteiger partial charge in [0, 0.05) is 7.11 Å². The Morgan fingerprint density at radius 1 is 0.944 bits per heavy atom. The average molecular weight is 254 g/mol. The molecule has 0 amide bonds. The van der Waals surface area contributed by atoms with Crippen molar-refractivity contribution in [3.63, 3.8) is 0 Å². The standard InChI is InChI=1S/C15H26O3/c1-17-14-6-4-3-5-13(14)11-7-9-12(10-8-11)15(16)18-2/h11-14H,3-10H2,1-2H3. The summed E-state index contributed by atoms with van der Waals surface area (Å²) in [6.45, 7) is 0. The number of ether oxygens (including phenoxy) is 2. The number of hydrogen-bond acceptors (Lipinski definition) is 3. The van der Waals surface area contributed by atoms with E-state index >= 15 is 0 Å². The highest BCUT2D eigenvalue weighted by atomic mass is 16.5. The van der Waals surface area contributed by atoms with Crippen LogP contribution in [0.4, 0.5) is 0 Å². The van der Waals surface area contributed by atoms with Crippen LogP contribution in [-0.2, 0) is 14.3 Å². The van der Waals surface area contributed by atoms with E-state index < -0.39 is 0 Å². The lowest BCUT2D eigenvalue weighted by Gasteiger charge is -2.39. The summed E-state index contributed by atoms with van der Waals surface area (Å²) in [4.78, 5) is 11.5. The highest BCUT2D eigenvalue weighted by Crippen LogP contribution is 2.41. The molecule has 2 saturated carbocycles. The van der Waals surface area contributed by atoms with Crippen LogP contribution in [0, 0.1) is 17.8 Å². The fourth-order valence-corrected chi connectivity index (χ4v) is 3.91. The van der Waals surface area contributed by atoms with E-state index in [0.717, 1.165) is 24.7 Å². The fourth-order valence-electron chi connectivity index (χ4n) is 3.91. The Morgan fingerprint density at radius 2 is 1.61 bits per heavy atom. The lowest BCUT2D eigenvalue weighted by atomic mass is 9.70. The van der Waals surface area contributed by atoms with E-state index in [9.17, 15) is 4.79 Å². The van der Waals surface area contributed by atoms with Crippen LogP contribution in [-0.4, -0.2) is 26.3 Å². The van der Waals surface area contributed by atoms with Crippen molar-refractivity contribution >= 4 is 5.97 Å². The summed E-state index contributed by atoms with van der Waals surface area (Å²) >= 11 is 0. The molecule has 0 aromatic carbocycles. The van der Waals surface area contributed by atoms with Crippen molar-refractivity contribution in [2.24, 2.45) is 17.8 Å². The Kier molecular flexibility index (Phi) is 5.04. The first-order valence-corrected chi connectivity index (χ1v) is 7.37. The molecule has 0 N–H and O–H groups in total. The molecule has 2 fully saturated rings. The maximum atomic E-state index is 11.5. The molecule has 2 aliphatic rings. The largest absolute Gasteiger partial charge is 0.469 e. The number of rotatable bonds is 3. The van der Waals surface area contributed by atoms with Gasteiger partial charge in [-0.05, 0) is 50.4 Å². The Labute approximate surface area is 110 Å². The highest BCUT2D eigenvalue weighted by molar-refractivity contribution is 5.72. The summed E-state index contributed by atoms with van der Waals surface area (Å²) in [6.07, 6.45) is 10.00. The van der Waals surface area contributed by atoms with Gasteiger partial charge in [0.15, 0.2) is 0 Å². The average Bonchev–Trinajstić information content (AvgIpc) is 2.46. The monoisotopic (exact) mass is 254 g/mol. The molecular formula is C15H26O3. The maximum Gasteiger partial charge on any atom is 0.308 e. The van der Waals surface area contributed by atoms with Gasteiger partial charge in [-0.2, -0.15) is 0 Å². The van der Waals surface area contributed by atoms with Crippen LogP contribution in [0.1, 0.15) is 51.4 Å². The van der Waals surface area contributed by atoms with Crippen LogP contribution in [0.3, 0.4) is 0 Å². The minimum absolute atomic E-state index is 0.0135. The van der Waals surface area contributed by atoms with Gasteiger partial charge in [0.1, 0.15) is 0 Å². The van der Waals surface area contributed by atoms with Crippen LogP contribution >= 0.6 is 0 Å². The van der Waals surface area contributed by atoms with Gasteiger partial charge >= 0.3 is 5.97 Å². The second-order valence-corrected chi connectivity index (χ2v) is 5.86. The highest BCUT2D eigenvalue weighted by Gasteiger charge is 2.35. The number of carbonyl (C=O) groups excluding carboxylic acids is 1. The minimum atomic E-state index is -0.0135. The molecule has 0 bridgehead atoms. The summed E-state index contributed by atoms with van der Waals surface area (Å²) in [5.74, 6) is 1.62. The predicted octanol–water partition coefficient (Wildman–Crippen LogP) is 3.17. The summed E-state index contributed by atoms with van der Waals surface area (Å²) in [5.41, 5.74) is 0. The van der Waals surface area contributed by atoms with E-state index in [4.69, 9.17) is 9.47 Å². The SMILES string of the molecule is COC(=O)C1CCC(C2CCCCC2OC)CC1. The first-order chi connectivity index (χ1) is 8.76. The van der Waals surface area contributed by atoms with Crippen molar-refractivity contribution in [3.05, 3.63) is 0 Å². The fraction of sp³-hybridized carbons (Fsp3) is 0.933. The van der Waals surface area contributed by atoms with Gasteiger partial charge in [0.2, 0.25) is 0 Å². The Bertz CT molecular complexity index is 269. The molecule has 0 aromatic heterocycles.